The molecule has 4 nitrogen and oxygen atoms in total. The number of nitrogens with zero attached hydrogens (tertiary/aromatic N) is 1. The van der Waals surface area contributed by atoms with Gasteiger partial charge in [0.2, 0.25) is 0 Å². The molecule has 2 amide bonds. The highest BCUT2D eigenvalue weighted by molar-refractivity contribution is 5.74. The summed E-state index contributed by atoms with van der Waals surface area (Å²) in [5.74, 6) is -0.0611. The molecule has 1 aromatic carbocycles. The molecule has 0 radical (unpaired) electrons. The minimum atomic E-state index is -0.377. The standard InChI is InChI=1S/C19H27FN2O2/c1-14(23)15-4-2-11-22(12-15)18(24)21-13-19(9-3-10-19)16-5-7-17(20)8-6-16/h5-8,14-15,23H,2-4,9-13H2,1H3,(H,21,24). The molecule has 1 heterocycles. The lowest BCUT2D eigenvalue weighted by Gasteiger charge is -2.43. The molecule has 24 heavy (non-hydrogen) atoms. The van der Waals surface area contributed by atoms with Gasteiger partial charge in [0.25, 0.3) is 0 Å². The van der Waals surface area contributed by atoms with Gasteiger partial charge in [0.1, 0.15) is 5.82 Å². The summed E-state index contributed by atoms with van der Waals surface area (Å²) in [5, 5.41) is 12.8. The van der Waals surface area contributed by atoms with E-state index in [1.165, 1.54) is 12.1 Å². The molecule has 2 atom stereocenters. The Morgan fingerprint density at radius 3 is 2.67 bits per heavy atom. The average molecular weight is 334 g/mol. The molecule has 1 saturated heterocycles. The molecule has 3 rings (SSSR count). The first kappa shape index (κ1) is 17.2. The zero-order valence-corrected chi connectivity index (χ0v) is 14.3. The molecular weight excluding hydrogens is 307 g/mol. The molecule has 1 saturated carbocycles. The van der Waals surface area contributed by atoms with Crippen molar-refractivity contribution in [2.24, 2.45) is 5.92 Å². The Kier molecular flexibility index (Phi) is 5.09. The van der Waals surface area contributed by atoms with Crippen LogP contribution in [0.25, 0.3) is 0 Å². The molecule has 1 aromatic rings. The number of carbonyl (C=O) groups is 1. The van der Waals surface area contributed by atoms with Gasteiger partial charge in [0, 0.05) is 31.0 Å². The highest BCUT2D eigenvalue weighted by atomic mass is 19.1. The molecular formula is C19H27FN2O2. The predicted octanol–water partition coefficient (Wildman–Crippen LogP) is 3.05. The molecule has 0 spiro atoms. The van der Waals surface area contributed by atoms with Gasteiger partial charge in [-0.2, -0.15) is 0 Å². The normalized spacial score (nSPS) is 24.1. The van der Waals surface area contributed by atoms with Gasteiger partial charge in [-0.3, -0.25) is 0 Å². The second-order valence-corrected chi connectivity index (χ2v) is 7.39. The van der Waals surface area contributed by atoms with Crippen LogP contribution in [0.3, 0.4) is 0 Å². The molecule has 1 aliphatic heterocycles. The molecule has 0 aromatic heterocycles. The minimum Gasteiger partial charge on any atom is -0.393 e. The van der Waals surface area contributed by atoms with Gasteiger partial charge < -0.3 is 15.3 Å². The summed E-state index contributed by atoms with van der Waals surface area (Å²) in [7, 11) is 0. The molecule has 132 valence electrons. The third-order valence-corrected chi connectivity index (χ3v) is 5.77. The number of rotatable bonds is 4. The van der Waals surface area contributed by atoms with E-state index in [1.54, 1.807) is 6.92 Å². The van der Waals surface area contributed by atoms with Crippen LogP contribution in [0, 0.1) is 11.7 Å². The maximum Gasteiger partial charge on any atom is 0.317 e. The first-order chi connectivity index (χ1) is 11.5. The van der Waals surface area contributed by atoms with Crippen LogP contribution in [0.2, 0.25) is 0 Å². The molecule has 2 unspecified atom stereocenters. The SMILES string of the molecule is CC(O)C1CCCN(C(=O)NCC2(c3ccc(F)cc3)CCC2)C1. The topological polar surface area (TPSA) is 52.6 Å². The fourth-order valence-electron chi connectivity index (χ4n) is 3.92. The monoisotopic (exact) mass is 334 g/mol. The van der Waals surface area contributed by atoms with Crippen molar-refractivity contribution in [1.82, 2.24) is 10.2 Å². The Morgan fingerprint density at radius 2 is 2.08 bits per heavy atom. The predicted molar refractivity (Wildman–Crippen MR) is 91.3 cm³/mol. The molecule has 0 bridgehead atoms. The second kappa shape index (κ2) is 7.09. The summed E-state index contributed by atoms with van der Waals surface area (Å²) in [4.78, 5) is 14.3. The Hall–Kier alpha value is -1.62. The van der Waals surface area contributed by atoms with Crippen LogP contribution in [0.15, 0.2) is 24.3 Å². The summed E-state index contributed by atoms with van der Waals surface area (Å²) in [6.07, 6.45) is 4.72. The minimum absolute atomic E-state index is 0.0475. The van der Waals surface area contributed by atoms with Crippen molar-refractivity contribution in [2.45, 2.75) is 50.5 Å². The number of amides is 2. The zero-order valence-electron chi connectivity index (χ0n) is 14.3. The number of halogens is 1. The van der Waals surface area contributed by atoms with E-state index >= 15 is 0 Å². The number of urea groups is 1. The smallest absolute Gasteiger partial charge is 0.317 e. The third-order valence-electron chi connectivity index (χ3n) is 5.77. The van der Waals surface area contributed by atoms with E-state index in [9.17, 15) is 14.3 Å². The number of aliphatic hydroxyl groups excluding tert-OH is 1. The molecule has 2 fully saturated rings. The van der Waals surface area contributed by atoms with Crippen molar-refractivity contribution in [3.63, 3.8) is 0 Å². The van der Waals surface area contributed by atoms with Crippen molar-refractivity contribution >= 4 is 6.03 Å². The lowest BCUT2D eigenvalue weighted by atomic mass is 9.64. The fourth-order valence-corrected chi connectivity index (χ4v) is 3.92. The largest absolute Gasteiger partial charge is 0.393 e. The Labute approximate surface area is 143 Å². The van der Waals surface area contributed by atoms with Crippen molar-refractivity contribution in [2.75, 3.05) is 19.6 Å². The van der Waals surface area contributed by atoms with Crippen molar-refractivity contribution in [3.05, 3.63) is 35.6 Å². The van der Waals surface area contributed by atoms with Crippen molar-refractivity contribution in [1.29, 1.82) is 0 Å². The summed E-state index contributed by atoms with van der Waals surface area (Å²) < 4.78 is 13.2. The molecule has 1 aliphatic carbocycles. The number of aliphatic hydroxyl groups is 1. The summed E-state index contributed by atoms with van der Waals surface area (Å²) in [6, 6.07) is 6.62. The number of likely N-dealkylation sites (tertiary alicyclic amines) is 1. The van der Waals surface area contributed by atoms with Crippen LogP contribution in [0.1, 0.15) is 44.6 Å². The van der Waals surface area contributed by atoms with E-state index in [4.69, 9.17) is 0 Å². The van der Waals surface area contributed by atoms with E-state index in [0.717, 1.165) is 44.2 Å². The Bertz CT molecular complexity index is 569. The third kappa shape index (κ3) is 3.56. The number of nitrogens with one attached hydrogen (secondary N) is 1. The molecule has 5 heteroatoms. The van der Waals surface area contributed by atoms with E-state index in [2.05, 4.69) is 5.32 Å². The Balaban J connectivity index is 1.59. The highest BCUT2D eigenvalue weighted by Gasteiger charge is 2.39. The van der Waals surface area contributed by atoms with Crippen LogP contribution in [0.5, 0.6) is 0 Å². The maximum absolute atomic E-state index is 13.2. The van der Waals surface area contributed by atoms with Crippen molar-refractivity contribution < 1.29 is 14.3 Å². The van der Waals surface area contributed by atoms with Crippen LogP contribution >= 0.6 is 0 Å². The number of piperidine rings is 1. The fraction of sp³-hybridized carbons (Fsp3) is 0.632. The van der Waals surface area contributed by atoms with Gasteiger partial charge >= 0.3 is 6.03 Å². The van der Waals surface area contributed by atoms with Crippen LogP contribution in [-0.2, 0) is 5.41 Å². The van der Waals surface area contributed by atoms with E-state index in [0.29, 0.717) is 13.1 Å². The summed E-state index contributed by atoms with van der Waals surface area (Å²) >= 11 is 0. The summed E-state index contributed by atoms with van der Waals surface area (Å²) in [6.45, 7) is 3.75. The van der Waals surface area contributed by atoms with Crippen LogP contribution in [0.4, 0.5) is 9.18 Å². The lowest BCUT2D eigenvalue weighted by Crippen LogP contribution is -2.52. The first-order valence-corrected chi connectivity index (χ1v) is 8.97. The number of carbonyl (C=O) groups excluding carboxylic acids is 1. The quantitative estimate of drug-likeness (QED) is 0.889. The summed E-state index contributed by atoms with van der Waals surface area (Å²) in [5.41, 5.74) is 1.05. The van der Waals surface area contributed by atoms with E-state index in [1.807, 2.05) is 17.0 Å². The number of hydrogen-bond acceptors (Lipinski definition) is 2. The lowest BCUT2D eigenvalue weighted by molar-refractivity contribution is 0.0730. The molecule has 2 N–H and O–H groups in total. The second-order valence-electron chi connectivity index (χ2n) is 7.39. The number of benzene rings is 1. The van der Waals surface area contributed by atoms with Gasteiger partial charge in [0.05, 0.1) is 6.10 Å². The zero-order chi connectivity index (χ0) is 17.2. The van der Waals surface area contributed by atoms with Crippen LogP contribution < -0.4 is 5.32 Å². The van der Waals surface area contributed by atoms with Gasteiger partial charge in [-0.05, 0) is 50.3 Å². The van der Waals surface area contributed by atoms with Gasteiger partial charge in [-0.25, -0.2) is 9.18 Å². The highest BCUT2D eigenvalue weighted by Crippen LogP contribution is 2.43. The Morgan fingerprint density at radius 1 is 1.38 bits per heavy atom. The molecule has 2 aliphatic rings. The van der Waals surface area contributed by atoms with E-state index in [-0.39, 0.29) is 29.3 Å². The number of hydrogen-bond donors (Lipinski definition) is 2. The van der Waals surface area contributed by atoms with E-state index < -0.39 is 0 Å². The average Bonchev–Trinajstić information content (AvgIpc) is 2.55. The van der Waals surface area contributed by atoms with Crippen molar-refractivity contribution in [3.8, 4) is 0 Å². The maximum atomic E-state index is 13.2. The first-order valence-electron chi connectivity index (χ1n) is 8.97. The van der Waals surface area contributed by atoms with Gasteiger partial charge in [0.15, 0.2) is 0 Å². The van der Waals surface area contributed by atoms with Gasteiger partial charge in [-0.15, -0.1) is 0 Å². The van der Waals surface area contributed by atoms with Crippen LogP contribution in [-0.4, -0.2) is 41.8 Å². The van der Waals surface area contributed by atoms with Gasteiger partial charge in [-0.1, -0.05) is 18.6 Å².